The molecule has 150 valence electrons. The molecule has 1 aromatic carbocycles. The molecule has 1 aromatic rings. The van der Waals surface area contributed by atoms with E-state index in [-0.39, 0.29) is 28.1 Å². The second-order valence-electron chi connectivity index (χ2n) is 9.26. The number of rotatable bonds is 3. The van der Waals surface area contributed by atoms with Crippen LogP contribution in [0.25, 0.3) is 6.08 Å². The highest BCUT2D eigenvalue weighted by Gasteiger charge is 2.33. The van der Waals surface area contributed by atoms with Gasteiger partial charge in [0.1, 0.15) is 5.57 Å². The van der Waals surface area contributed by atoms with Crippen LogP contribution < -0.4 is 5.32 Å². The van der Waals surface area contributed by atoms with Gasteiger partial charge in [-0.05, 0) is 58.3 Å². The predicted octanol–water partition coefficient (Wildman–Crippen LogP) is 4.40. The van der Waals surface area contributed by atoms with Gasteiger partial charge in [0.05, 0.1) is 0 Å². The zero-order valence-electron chi connectivity index (χ0n) is 17.9. The van der Waals surface area contributed by atoms with E-state index in [0.717, 1.165) is 5.56 Å². The molecule has 4 nitrogen and oxygen atoms in total. The Morgan fingerprint density at radius 1 is 1.07 bits per heavy atom. The highest BCUT2D eigenvalue weighted by Crippen LogP contribution is 2.35. The molecule has 1 saturated heterocycles. The van der Waals surface area contributed by atoms with Gasteiger partial charge in [-0.15, -0.1) is 6.58 Å². The third-order valence-electron chi connectivity index (χ3n) is 4.85. The summed E-state index contributed by atoms with van der Waals surface area (Å²) in [5.41, 5.74) is 4.45. The monoisotopic (exact) mass is 398 g/mol. The van der Waals surface area contributed by atoms with Gasteiger partial charge in [-0.2, -0.15) is 0 Å². The van der Waals surface area contributed by atoms with Crippen LogP contribution in [0.5, 0.6) is 0 Å². The van der Waals surface area contributed by atoms with E-state index in [9.17, 15) is 9.59 Å². The first-order valence-corrected chi connectivity index (χ1v) is 9.83. The van der Waals surface area contributed by atoms with Gasteiger partial charge in [-0.1, -0.05) is 59.8 Å². The molecule has 0 aromatic heterocycles. The number of benzene rings is 1. The number of nitrogens with one attached hydrogen (secondary N) is 1. The molecule has 5 heteroatoms. The van der Waals surface area contributed by atoms with Crippen LogP contribution in [-0.2, 0) is 20.4 Å². The first-order valence-electron chi connectivity index (χ1n) is 9.42. The van der Waals surface area contributed by atoms with Crippen molar-refractivity contribution in [3.8, 4) is 0 Å². The van der Waals surface area contributed by atoms with Gasteiger partial charge in [0.15, 0.2) is 5.11 Å². The summed E-state index contributed by atoms with van der Waals surface area (Å²) in [5, 5.41) is 2.71. The van der Waals surface area contributed by atoms with E-state index in [0.29, 0.717) is 0 Å². The topological polar surface area (TPSA) is 49.4 Å². The number of thiocarbonyl (C=S) groups is 1. The summed E-state index contributed by atoms with van der Waals surface area (Å²) >= 11 is 5.12. The van der Waals surface area contributed by atoms with Gasteiger partial charge < -0.3 is 0 Å². The Bertz CT molecular complexity index is 848. The first kappa shape index (κ1) is 22.0. The molecule has 2 amide bonds. The fourth-order valence-corrected chi connectivity index (χ4v) is 3.78. The summed E-state index contributed by atoms with van der Waals surface area (Å²) in [6.45, 7) is 19.1. The van der Waals surface area contributed by atoms with Crippen LogP contribution in [0.4, 0.5) is 0 Å². The molecule has 1 heterocycles. The van der Waals surface area contributed by atoms with Crippen molar-refractivity contribution in [2.24, 2.45) is 0 Å². The van der Waals surface area contributed by atoms with Crippen LogP contribution in [0.3, 0.4) is 0 Å². The van der Waals surface area contributed by atoms with Crippen LogP contribution in [-0.4, -0.2) is 28.4 Å². The maximum atomic E-state index is 12.8. The summed E-state index contributed by atoms with van der Waals surface area (Å²) in [4.78, 5) is 26.6. The molecule has 1 aliphatic heterocycles. The number of amides is 2. The maximum Gasteiger partial charge on any atom is 0.265 e. The Balaban J connectivity index is 2.67. The number of nitrogens with zero attached hydrogens (tertiary/aromatic N) is 1. The number of carbonyl (C=O) groups is 2. The molecule has 0 spiro atoms. The molecule has 0 unspecified atom stereocenters. The van der Waals surface area contributed by atoms with Crippen LogP contribution >= 0.6 is 12.2 Å². The number of hydrogen-bond acceptors (Lipinski definition) is 3. The fourth-order valence-electron chi connectivity index (χ4n) is 3.53. The van der Waals surface area contributed by atoms with Crippen molar-refractivity contribution in [2.75, 3.05) is 6.54 Å². The van der Waals surface area contributed by atoms with Gasteiger partial charge >= 0.3 is 0 Å². The lowest BCUT2D eigenvalue weighted by Gasteiger charge is -2.30. The van der Waals surface area contributed by atoms with Crippen molar-refractivity contribution in [2.45, 2.75) is 59.3 Å². The Morgan fingerprint density at radius 3 is 2.00 bits per heavy atom. The van der Waals surface area contributed by atoms with Crippen LogP contribution in [0.1, 0.15) is 63.8 Å². The average molecular weight is 399 g/mol. The Labute approximate surface area is 173 Å². The minimum atomic E-state index is -0.467. The third kappa shape index (κ3) is 4.41. The van der Waals surface area contributed by atoms with Crippen LogP contribution in [0.2, 0.25) is 0 Å². The van der Waals surface area contributed by atoms with Crippen molar-refractivity contribution in [3.05, 3.63) is 52.6 Å². The Kier molecular flexibility index (Phi) is 6.00. The number of hydrogen-bond donors (Lipinski definition) is 1. The first-order chi connectivity index (χ1) is 12.8. The van der Waals surface area contributed by atoms with Crippen LogP contribution in [0.15, 0.2) is 30.4 Å². The highest BCUT2D eigenvalue weighted by atomic mass is 32.1. The minimum Gasteiger partial charge on any atom is -0.298 e. The highest BCUT2D eigenvalue weighted by molar-refractivity contribution is 7.80. The van der Waals surface area contributed by atoms with Crippen molar-refractivity contribution in [3.63, 3.8) is 0 Å². The van der Waals surface area contributed by atoms with Gasteiger partial charge in [0.25, 0.3) is 11.8 Å². The van der Waals surface area contributed by atoms with Gasteiger partial charge in [0, 0.05) is 6.54 Å². The van der Waals surface area contributed by atoms with E-state index < -0.39 is 11.8 Å². The quantitative estimate of drug-likeness (QED) is 0.355. The molecular formula is C23H30N2O2S. The van der Waals surface area contributed by atoms with Gasteiger partial charge in [-0.25, -0.2) is 0 Å². The largest absolute Gasteiger partial charge is 0.298 e. The van der Waals surface area contributed by atoms with E-state index in [1.807, 2.05) is 0 Å². The van der Waals surface area contributed by atoms with E-state index in [1.165, 1.54) is 21.6 Å². The fraction of sp³-hybridized carbons (Fsp3) is 0.435. The lowest BCUT2D eigenvalue weighted by molar-refractivity contribution is -0.128. The SMILES string of the molecule is C=CCN1C(=O)/C(=C/c2cc(C(C)(C)C)c(C)c(C(C)(C)C)c2)C(=O)NC1=S. The standard InChI is InChI=1S/C23H30N2O2S/c1-9-10-25-20(27)16(19(26)24-21(25)28)11-15-12-17(22(3,4)5)14(2)18(13-15)23(6,7)8/h9,11-13H,1,10H2,2-8H3,(H,24,26,28)/b16-11+. The van der Waals surface area contributed by atoms with Gasteiger partial charge in [-0.3, -0.25) is 19.8 Å². The Hall–Kier alpha value is -2.27. The summed E-state index contributed by atoms with van der Waals surface area (Å²) < 4.78 is 0. The Morgan fingerprint density at radius 2 is 1.57 bits per heavy atom. The van der Waals surface area contributed by atoms with E-state index in [1.54, 1.807) is 12.2 Å². The van der Waals surface area contributed by atoms with E-state index in [2.05, 4.69) is 72.5 Å². The van der Waals surface area contributed by atoms with Gasteiger partial charge in [0.2, 0.25) is 0 Å². The molecule has 1 aliphatic rings. The molecule has 1 fully saturated rings. The van der Waals surface area contributed by atoms with Crippen molar-refractivity contribution < 1.29 is 9.59 Å². The molecule has 1 N–H and O–H groups in total. The smallest absolute Gasteiger partial charge is 0.265 e. The second kappa shape index (κ2) is 7.63. The zero-order chi connectivity index (χ0) is 21.4. The van der Waals surface area contributed by atoms with Crippen molar-refractivity contribution >= 4 is 35.2 Å². The average Bonchev–Trinajstić information content (AvgIpc) is 2.54. The molecule has 0 atom stereocenters. The molecular weight excluding hydrogens is 368 g/mol. The van der Waals surface area contributed by atoms with Crippen molar-refractivity contribution in [1.29, 1.82) is 0 Å². The third-order valence-corrected chi connectivity index (χ3v) is 5.18. The second-order valence-corrected chi connectivity index (χ2v) is 9.65. The minimum absolute atomic E-state index is 0.0616. The van der Waals surface area contributed by atoms with Crippen molar-refractivity contribution in [1.82, 2.24) is 10.2 Å². The molecule has 0 aliphatic carbocycles. The summed E-state index contributed by atoms with van der Waals surface area (Å²) in [6.07, 6.45) is 3.25. The molecule has 0 saturated carbocycles. The van der Waals surface area contributed by atoms with E-state index >= 15 is 0 Å². The maximum absolute atomic E-state index is 12.8. The molecule has 2 rings (SSSR count). The molecule has 28 heavy (non-hydrogen) atoms. The molecule has 0 radical (unpaired) electrons. The summed E-state index contributed by atoms with van der Waals surface area (Å²) in [6, 6.07) is 4.14. The lowest BCUT2D eigenvalue weighted by Crippen LogP contribution is -2.53. The number of carbonyl (C=O) groups excluding carboxylic acids is 2. The summed E-state index contributed by atoms with van der Waals surface area (Å²) in [7, 11) is 0. The van der Waals surface area contributed by atoms with Crippen LogP contribution in [0, 0.1) is 6.92 Å². The molecule has 0 bridgehead atoms. The predicted molar refractivity (Wildman–Crippen MR) is 119 cm³/mol. The zero-order valence-corrected chi connectivity index (χ0v) is 18.7. The lowest BCUT2D eigenvalue weighted by atomic mass is 9.75. The normalized spacial score (nSPS) is 17.2. The summed E-state index contributed by atoms with van der Waals surface area (Å²) in [5.74, 6) is -0.866. The van der Waals surface area contributed by atoms with E-state index in [4.69, 9.17) is 12.2 Å².